The summed E-state index contributed by atoms with van der Waals surface area (Å²) in [5.41, 5.74) is 9.25. The van der Waals surface area contributed by atoms with Gasteiger partial charge in [-0.25, -0.2) is 4.98 Å². The molecule has 0 bridgehead atoms. The highest BCUT2D eigenvalue weighted by Gasteiger charge is 2.26. The van der Waals surface area contributed by atoms with E-state index in [-0.39, 0.29) is 0 Å². The predicted octanol–water partition coefficient (Wildman–Crippen LogP) is 2.61. The monoisotopic (exact) mass is 243 g/mol. The van der Waals surface area contributed by atoms with E-state index in [4.69, 9.17) is 10.5 Å². The number of hydrogen-bond donors (Lipinski definition) is 1. The third-order valence-electron chi connectivity index (χ3n) is 3.31. The summed E-state index contributed by atoms with van der Waals surface area (Å²) in [4.78, 5) is 4.43. The van der Waals surface area contributed by atoms with Gasteiger partial charge in [0.15, 0.2) is 0 Å². The van der Waals surface area contributed by atoms with E-state index in [0.717, 1.165) is 22.6 Å². The van der Waals surface area contributed by atoms with Crippen LogP contribution in [0.2, 0.25) is 0 Å². The van der Waals surface area contributed by atoms with E-state index >= 15 is 0 Å². The second-order valence-electron chi connectivity index (χ2n) is 4.75. The van der Waals surface area contributed by atoms with E-state index in [2.05, 4.69) is 21.7 Å². The van der Waals surface area contributed by atoms with Crippen LogP contribution in [-0.4, -0.2) is 16.7 Å². The molecule has 1 aliphatic rings. The lowest BCUT2D eigenvalue weighted by Crippen LogP contribution is -1.99. The van der Waals surface area contributed by atoms with Crippen molar-refractivity contribution in [1.82, 2.24) is 9.55 Å². The minimum Gasteiger partial charge on any atom is -0.383 e. The third-order valence-corrected chi connectivity index (χ3v) is 3.31. The lowest BCUT2D eigenvalue weighted by Gasteiger charge is -2.04. The Hall–Kier alpha value is -1.81. The van der Waals surface area contributed by atoms with Crippen molar-refractivity contribution in [2.45, 2.75) is 25.5 Å². The zero-order valence-electron chi connectivity index (χ0n) is 10.5. The van der Waals surface area contributed by atoms with Crippen LogP contribution in [0.4, 0.5) is 5.82 Å². The van der Waals surface area contributed by atoms with Gasteiger partial charge in [-0.2, -0.15) is 0 Å². The number of benzene rings is 1. The Morgan fingerprint density at radius 3 is 2.67 bits per heavy atom. The maximum Gasteiger partial charge on any atom is 0.131 e. The summed E-state index contributed by atoms with van der Waals surface area (Å²) < 4.78 is 7.18. The van der Waals surface area contributed by atoms with Gasteiger partial charge in [0, 0.05) is 18.7 Å². The molecule has 1 aromatic heterocycles. The number of methoxy groups -OCH3 is 1. The lowest BCUT2D eigenvalue weighted by atomic mass is 10.1. The fraction of sp³-hybridized carbons (Fsp3) is 0.357. The Morgan fingerprint density at radius 1 is 1.33 bits per heavy atom. The van der Waals surface area contributed by atoms with Gasteiger partial charge in [0.2, 0.25) is 0 Å². The normalized spacial score (nSPS) is 14.9. The lowest BCUT2D eigenvalue weighted by molar-refractivity contribution is 0.185. The number of imidazole rings is 1. The highest BCUT2D eigenvalue weighted by Crippen LogP contribution is 2.39. The average molecular weight is 243 g/mol. The van der Waals surface area contributed by atoms with Gasteiger partial charge in [0.05, 0.1) is 12.9 Å². The number of nitrogens with two attached hydrogens (primary N) is 1. The van der Waals surface area contributed by atoms with E-state index < -0.39 is 0 Å². The van der Waals surface area contributed by atoms with Gasteiger partial charge in [-0.05, 0) is 18.4 Å². The third kappa shape index (κ3) is 1.99. The van der Waals surface area contributed by atoms with Crippen LogP contribution in [0, 0.1) is 0 Å². The molecule has 0 unspecified atom stereocenters. The quantitative estimate of drug-likeness (QED) is 0.898. The molecule has 0 aliphatic heterocycles. The van der Waals surface area contributed by atoms with Crippen LogP contribution < -0.4 is 5.73 Å². The van der Waals surface area contributed by atoms with E-state index in [9.17, 15) is 0 Å². The van der Waals surface area contributed by atoms with E-state index in [1.165, 1.54) is 12.8 Å². The summed E-state index contributed by atoms with van der Waals surface area (Å²) in [6, 6.07) is 8.76. The van der Waals surface area contributed by atoms with Crippen LogP contribution >= 0.6 is 0 Å². The van der Waals surface area contributed by atoms with Crippen molar-refractivity contribution in [1.29, 1.82) is 0 Å². The number of anilines is 1. The number of hydrogen-bond acceptors (Lipinski definition) is 3. The second-order valence-corrected chi connectivity index (χ2v) is 4.75. The first-order chi connectivity index (χ1) is 8.79. The maximum absolute atomic E-state index is 6.15. The van der Waals surface area contributed by atoms with Crippen molar-refractivity contribution in [3.05, 3.63) is 36.2 Å². The van der Waals surface area contributed by atoms with E-state index in [0.29, 0.717) is 12.6 Å². The molecule has 1 aromatic carbocycles. The molecule has 1 saturated carbocycles. The second kappa shape index (κ2) is 4.46. The average Bonchev–Trinajstić information content (AvgIpc) is 3.15. The standard InChI is InChI=1S/C14H17N3O/c1-18-8-10-2-4-11(5-3-10)13-14(15)17(9-16-13)12-6-7-12/h2-5,9,12H,6-8,15H2,1H3. The van der Waals surface area contributed by atoms with Crippen LogP contribution in [0.1, 0.15) is 24.4 Å². The van der Waals surface area contributed by atoms with Gasteiger partial charge in [0.25, 0.3) is 0 Å². The number of ether oxygens (including phenoxy) is 1. The molecule has 0 amide bonds. The Morgan fingerprint density at radius 2 is 2.06 bits per heavy atom. The highest BCUT2D eigenvalue weighted by atomic mass is 16.5. The first-order valence-electron chi connectivity index (χ1n) is 6.20. The molecule has 4 nitrogen and oxygen atoms in total. The summed E-state index contributed by atoms with van der Waals surface area (Å²) in [5, 5.41) is 0. The van der Waals surface area contributed by atoms with Crippen LogP contribution in [0.3, 0.4) is 0 Å². The van der Waals surface area contributed by atoms with Gasteiger partial charge in [-0.3, -0.25) is 0 Å². The molecule has 0 radical (unpaired) electrons. The zero-order chi connectivity index (χ0) is 12.5. The highest BCUT2D eigenvalue weighted by molar-refractivity contribution is 5.70. The van der Waals surface area contributed by atoms with E-state index in [1.54, 1.807) is 7.11 Å². The van der Waals surface area contributed by atoms with Gasteiger partial charge < -0.3 is 15.0 Å². The van der Waals surface area contributed by atoms with Crippen LogP contribution in [0.25, 0.3) is 11.3 Å². The topological polar surface area (TPSA) is 53.1 Å². The largest absolute Gasteiger partial charge is 0.383 e. The Bertz CT molecular complexity index is 541. The number of nitrogen functional groups attached to an aromatic ring is 1. The zero-order valence-corrected chi connectivity index (χ0v) is 10.5. The summed E-state index contributed by atoms with van der Waals surface area (Å²) in [6.07, 6.45) is 4.28. The minimum atomic E-state index is 0.569. The van der Waals surface area contributed by atoms with Gasteiger partial charge in [0.1, 0.15) is 11.5 Å². The summed E-state index contributed by atoms with van der Waals surface area (Å²) >= 11 is 0. The Kier molecular flexibility index (Phi) is 2.80. The molecule has 0 saturated heterocycles. The number of aromatic nitrogens is 2. The molecule has 1 aliphatic carbocycles. The fourth-order valence-electron chi connectivity index (χ4n) is 2.16. The molecule has 3 rings (SSSR count). The Balaban J connectivity index is 1.89. The van der Waals surface area contributed by atoms with E-state index in [1.807, 2.05) is 18.5 Å². The predicted molar refractivity (Wildman–Crippen MR) is 71.1 cm³/mol. The van der Waals surface area contributed by atoms with Crippen molar-refractivity contribution in [2.75, 3.05) is 12.8 Å². The molecule has 0 spiro atoms. The molecular weight excluding hydrogens is 226 g/mol. The number of nitrogens with zero attached hydrogens (tertiary/aromatic N) is 2. The molecule has 4 heteroatoms. The fourth-order valence-corrected chi connectivity index (χ4v) is 2.16. The van der Waals surface area contributed by atoms with Crippen molar-refractivity contribution < 1.29 is 4.74 Å². The first kappa shape index (κ1) is 11.3. The van der Waals surface area contributed by atoms with Crippen molar-refractivity contribution in [3.8, 4) is 11.3 Å². The first-order valence-corrected chi connectivity index (χ1v) is 6.20. The summed E-state index contributed by atoms with van der Waals surface area (Å²) in [7, 11) is 1.70. The molecule has 1 heterocycles. The Labute approximate surface area is 106 Å². The molecule has 2 N–H and O–H groups in total. The van der Waals surface area contributed by atoms with Gasteiger partial charge >= 0.3 is 0 Å². The van der Waals surface area contributed by atoms with Crippen molar-refractivity contribution >= 4 is 5.82 Å². The molecule has 0 atom stereocenters. The summed E-state index contributed by atoms with van der Waals surface area (Å²) in [6.45, 7) is 0.631. The smallest absolute Gasteiger partial charge is 0.131 e. The van der Waals surface area contributed by atoms with Crippen LogP contribution in [-0.2, 0) is 11.3 Å². The maximum atomic E-state index is 6.15. The van der Waals surface area contributed by atoms with Gasteiger partial charge in [-0.1, -0.05) is 24.3 Å². The minimum absolute atomic E-state index is 0.569. The van der Waals surface area contributed by atoms with Gasteiger partial charge in [-0.15, -0.1) is 0 Å². The molecule has 1 fully saturated rings. The van der Waals surface area contributed by atoms with Crippen LogP contribution in [0.5, 0.6) is 0 Å². The summed E-state index contributed by atoms with van der Waals surface area (Å²) in [5.74, 6) is 0.775. The molecule has 94 valence electrons. The molecular formula is C14H17N3O. The molecule has 18 heavy (non-hydrogen) atoms. The van der Waals surface area contributed by atoms with Crippen molar-refractivity contribution in [2.24, 2.45) is 0 Å². The molecule has 2 aromatic rings. The van der Waals surface area contributed by atoms with Crippen molar-refractivity contribution in [3.63, 3.8) is 0 Å². The van der Waals surface area contributed by atoms with Crippen LogP contribution in [0.15, 0.2) is 30.6 Å². The SMILES string of the molecule is COCc1ccc(-c2ncn(C3CC3)c2N)cc1. The number of rotatable bonds is 4.